The number of anilines is 1. The molecule has 0 aliphatic rings. The van der Waals surface area contributed by atoms with Crippen LogP contribution < -0.4 is 4.90 Å². The number of hydrogen-bond acceptors (Lipinski definition) is 3. The van der Waals surface area contributed by atoms with Gasteiger partial charge < -0.3 is 14.7 Å². The first-order valence-electron chi connectivity index (χ1n) is 6.20. The van der Waals surface area contributed by atoms with Crippen molar-refractivity contribution >= 4 is 21.6 Å². The molecule has 1 aromatic rings. The van der Waals surface area contributed by atoms with Crippen molar-refractivity contribution in [2.24, 2.45) is 0 Å². The van der Waals surface area contributed by atoms with Gasteiger partial charge in [0.05, 0.1) is 18.4 Å². The third-order valence-corrected chi connectivity index (χ3v) is 3.56. The Kier molecular flexibility index (Phi) is 6.12. The Morgan fingerprint density at radius 2 is 2.00 bits per heavy atom. The molecule has 0 aliphatic heterocycles. The average Bonchev–Trinajstić information content (AvgIpc) is 2.30. The quantitative estimate of drug-likeness (QED) is 0.873. The molecule has 0 aromatic heterocycles. The maximum Gasteiger partial charge on any atom is 0.0762 e. The minimum absolute atomic E-state index is 0.397. The number of ether oxygens (including phenoxy) is 1. The molecule has 1 N–H and O–H groups in total. The molecule has 0 amide bonds. The largest absolute Gasteiger partial charge is 0.389 e. The lowest BCUT2D eigenvalue weighted by molar-refractivity contribution is 0.199. The molecule has 1 rings (SSSR count). The van der Waals surface area contributed by atoms with Gasteiger partial charge in [0.2, 0.25) is 0 Å². The van der Waals surface area contributed by atoms with E-state index in [0.717, 1.165) is 22.3 Å². The van der Waals surface area contributed by atoms with Gasteiger partial charge in [-0.1, -0.05) is 6.07 Å². The number of halogens is 1. The SMILES string of the molecule is COCCN(c1ccc([C@H](C)O)cc1Br)C(C)C. The van der Waals surface area contributed by atoms with E-state index >= 15 is 0 Å². The Balaban J connectivity index is 2.98. The lowest BCUT2D eigenvalue weighted by atomic mass is 10.1. The molecule has 0 fully saturated rings. The minimum Gasteiger partial charge on any atom is -0.389 e. The summed E-state index contributed by atoms with van der Waals surface area (Å²) in [5.74, 6) is 0. The fourth-order valence-electron chi connectivity index (χ4n) is 1.86. The Bertz CT molecular complexity index is 380. The summed E-state index contributed by atoms with van der Waals surface area (Å²) in [6.45, 7) is 7.63. The Labute approximate surface area is 118 Å². The van der Waals surface area contributed by atoms with Gasteiger partial charge in [0.1, 0.15) is 0 Å². The lowest BCUT2D eigenvalue weighted by Gasteiger charge is -2.30. The molecule has 0 radical (unpaired) electrons. The van der Waals surface area contributed by atoms with Crippen molar-refractivity contribution in [3.05, 3.63) is 28.2 Å². The number of aliphatic hydroxyl groups excluding tert-OH is 1. The molecule has 4 heteroatoms. The summed E-state index contributed by atoms with van der Waals surface area (Å²) < 4.78 is 6.15. The molecule has 0 spiro atoms. The topological polar surface area (TPSA) is 32.7 Å². The normalized spacial score (nSPS) is 12.8. The van der Waals surface area contributed by atoms with Gasteiger partial charge in [-0.3, -0.25) is 0 Å². The molecule has 0 aliphatic carbocycles. The van der Waals surface area contributed by atoms with Crippen molar-refractivity contribution in [2.75, 3.05) is 25.2 Å². The van der Waals surface area contributed by atoms with E-state index < -0.39 is 6.10 Å². The van der Waals surface area contributed by atoms with Crippen LogP contribution in [-0.4, -0.2) is 31.4 Å². The fraction of sp³-hybridized carbons (Fsp3) is 0.571. The number of nitrogens with zero attached hydrogens (tertiary/aromatic N) is 1. The van der Waals surface area contributed by atoms with Crippen LogP contribution in [0.4, 0.5) is 5.69 Å². The molecule has 0 saturated heterocycles. The van der Waals surface area contributed by atoms with Gasteiger partial charge in [0.15, 0.2) is 0 Å². The molecule has 18 heavy (non-hydrogen) atoms. The number of benzene rings is 1. The van der Waals surface area contributed by atoms with Gasteiger partial charge in [-0.25, -0.2) is 0 Å². The van der Waals surface area contributed by atoms with Crippen molar-refractivity contribution < 1.29 is 9.84 Å². The highest BCUT2D eigenvalue weighted by Crippen LogP contribution is 2.30. The molecule has 0 heterocycles. The molecule has 102 valence electrons. The Morgan fingerprint density at radius 1 is 1.33 bits per heavy atom. The van der Waals surface area contributed by atoms with Crippen molar-refractivity contribution in [3.63, 3.8) is 0 Å². The predicted molar refractivity (Wildman–Crippen MR) is 79.1 cm³/mol. The van der Waals surface area contributed by atoms with Crippen molar-refractivity contribution in [2.45, 2.75) is 32.9 Å². The van der Waals surface area contributed by atoms with Crippen molar-refractivity contribution in [1.29, 1.82) is 0 Å². The smallest absolute Gasteiger partial charge is 0.0762 e. The van der Waals surface area contributed by atoms with Crippen LogP contribution in [-0.2, 0) is 4.74 Å². The lowest BCUT2D eigenvalue weighted by Crippen LogP contribution is -2.34. The van der Waals surface area contributed by atoms with Crippen LogP contribution in [0.5, 0.6) is 0 Å². The highest BCUT2D eigenvalue weighted by Gasteiger charge is 2.14. The van der Waals surface area contributed by atoms with E-state index in [0.29, 0.717) is 12.6 Å². The van der Waals surface area contributed by atoms with E-state index in [-0.39, 0.29) is 0 Å². The highest BCUT2D eigenvalue weighted by molar-refractivity contribution is 9.10. The van der Waals surface area contributed by atoms with Crippen LogP contribution in [0, 0.1) is 0 Å². The predicted octanol–water partition coefficient (Wildman–Crippen LogP) is 3.36. The summed E-state index contributed by atoms with van der Waals surface area (Å²) in [5.41, 5.74) is 2.05. The number of methoxy groups -OCH3 is 1. The van der Waals surface area contributed by atoms with Gasteiger partial charge in [-0.05, 0) is 54.4 Å². The molecular weight excluding hydrogens is 294 g/mol. The van der Waals surface area contributed by atoms with Gasteiger partial charge in [-0.15, -0.1) is 0 Å². The van der Waals surface area contributed by atoms with Crippen LogP contribution in [0.2, 0.25) is 0 Å². The van der Waals surface area contributed by atoms with E-state index in [9.17, 15) is 5.11 Å². The van der Waals surface area contributed by atoms with Gasteiger partial charge in [-0.2, -0.15) is 0 Å². The van der Waals surface area contributed by atoms with E-state index in [2.05, 4.69) is 34.7 Å². The first-order valence-corrected chi connectivity index (χ1v) is 6.99. The molecule has 0 bridgehead atoms. The summed E-state index contributed by atoms with van der Waals surface area (Å²) in [6, 6.07) is 6.38. The molecule has 0 saturated carbocycles. The van der Waals surface area contributed by atoms with E-state index in [4.69, 9.17) is 4.74 Å². The van der Waals surface area contributed by atoms with Crippen LogP contribution in [0.25, 0.3) is 0 Å². The first kappa shape index (κ1) is 15.5. The van der Waals surface area contributed by atoms with Gasteiger partial charge in [0.25, 0.3) is 0 Å². The fourth-order valence-corrected chi connectivity index (χ4v) is 2.49. The maximum absolute atomic E-state index is 9.57. The molecule has 1 aromatic carbocycles. The van der Waals surface area contributed by atoms with Crippen LogP contribution in [0.3, 0.4) is 0 Å². The van der Waals surface area contributed by atoms with Crippen molar-refractivity contribution in [3.8, 4) is 0 Å². The molecule has 0 unspecified atom stereocenters. The first-order chi connectivity index (χ1) is 8.47. The third-order valence-electron chi connectivity index (χ3n) is 2.92. The number of rotatable bonds is 6. The monoisotopic (exact) mass is 315 g/mol. The van der Waals surface area contributed by atoms with Crippen LogP contribution >= 0.6 is 15.9 Å². The third kappa shape index (κ3) is 3.97. The summed E-state index contributed by atoms with van der Waals surface area (Å²) in [7, 11) is 1.71. The highest BCUT2D eigenvalue weighted by atomic mass is 79.9. The number of hydrogen-bond donors (Lipinski definition) is 1. The van der Waals surface area contributed by atoms with Crippen LogP contribution in [0.1, 0.15) is 32.4 Å². The molecule has 1 atom stereocenters. The van der Waals surface area contributed by atoms with Crippen LogP contribution in [0.15, 0.2) is 22.7 Å². The summed E-state index contributed by atoms with van der Waals surface area (Å²) in [6.07, 6.45) is -0.443. The maximum atomic E-state index is 9.57. The number of aliphatic hydroxyl groups is 1. The zero-order valence-corrected chi connectivity index (χ0v) is 13.1. The van der Waals surface area contributed by atoms with Gasteiger partial charge >= 0.3 is 0 Å². The van der Waals surface area contributed by atoms with Crippen molar-refractivity contribution in [1.82, 2.24) is 0 Å². The van der Waals surface area contributed by atoms with E-state index in [1.165, 1.54) is 0 Å². The molecular formula is C14H22BrNO2. The van der Waals surface area contributed by atoms with Gasteiger partial charge in [0, 0.05) is 24.2 Å². The second kappa shape index (κ2) is 7.12. The standard InChI is InChI=1S/C14H22BrNO2/c1-10(2)16(7-8-18-4)14-6-5-12(11(3)17)9-13(14)15/h5-6,9-11,17H,7-8H2,1-4H3/t11-/m0/s1. The second-order valence-electron chi connectivity index (χ2n) is 4.67. The second-order valence-corrected chi connectivity index (χ2v) is 5.52. The van der Waals surface area contributed by atoms with E-state index in [1.807, 2.05) is 18.2 Å². The van der Waals surface area contributed by atoms with E-state index in [1.54, 1.807) is 14.0 Å². The Morgan fingerprint density at radius 3 is 2.44 bits per heavy atom. The Hall–Kier alpha value is -0.580. The summed E-state index contributed by atoms with van der Waals surface area (Å²) in [4.78, 5) is 2.28. The average molecular weight is 316 g/mol. The minimum atomic E-state index is -0.443. The zero-order valence-electron chi connectivity index (χ0n) is 11.5. The summed E-state index contributed by atoms with van der Waals surface area (Å²) >= 11 is 3.58. The molecule has 3 nitrogen and oxygen atoms in total. The summed E-state index contributed by atoms with van der Waals surface area (Å²) in [5, 5.41) is 9.57. The zero-order chi connectivity index (χ0) is 13.7.